The first-order valence-electron chi connectivity index (χ1n) is 5.05. The van der Waals surface area contributed by atoms with Crippen molar-refractivity contribution in [3.63, 3.8) is 0 Å². The number of phenols is 1. The van der Waals surface area contributed by atoms with E-state index in [0.29, 0.717) is 5.56 Å². The summed E-state index contributed by atoms with van der Waals surface area (Å²) in [5.74, 6) is -1.58. The van der Waals surface area contributed by atoms with Crippen molar-refractivity contribution in [1.82, 2.24) is 0 Å². The first kappa shape index (κ1) is 13.8. The fourth-order valence-electron chi connectivity index (χ4n) is 1.57. The standard InChI is InChI=1S/C12H14O6/c1-6-8(13)5-7(11(14)17-3)9(10(6)16-2)12(15)18-4/h5,13H,1-4H3. The van der Waals surface area contributed by atoms with Gasteiger partial charge in [-0.2, -0.15) is 0 Å². The Balaban J connectivity index is 3.64. The maximum atomic E-state index is 11.7. The van der Waals surface area contributed by atoms with Gasteiger partial charge in [-0.3, -0.25) is 0 Å². The van der Waals surface area contributed by atoms with Crippen LogP contribution in [0.25, 0.3) is 0 Å². The Hall–Kier alpha value is -2.24. The number of ether oxygens (including phenoxy) is 3. The highest BCUT2D eigenvalue weighted by Crippen LogP contribution is 2.34. The Kier molecular flexibility index (Phi) is 4.14. The molecule has 0 atom stereocenters. The normalized spacial score (nSPS) is 9.78. The van der Waals surface area contributed by atoms with Crippen LogP contribution in [0.4, 0.5) is 0 Å². The van der Waals surface area contributed by atoms with E-state index in [2.05, 4.69) is 9.47 Å². The average Bonchev–Trinajstić information content (AvgIpc) is 2.39. The van der Waals surface area contributed by atoms with Crippen LogP contribution < -0.4 is 4.74 Å². The molecule has 98 valence electrons. The van der Waals surface area contributed by atoms with Crippen molar-refractivity contribution in [2.24, 2.45) is 0 Å². The molecule has 18 heavy (non-hydrogen) atoms. The van der Waals surface area contributed by atoms with Crippen molar-refractivity contribution < 1.29 is 28.9 Å². The zero-order valence-electron chi connectivity index (χ0n) is 10.6. The van der Waals surface area contributed by atoms with Crippen LogP contribution in [0.5, 0.6) is 11.5 Å². The minimum absolute atomic E-state index is 0.0675. The summed E-state index contributed by atoms with van der Waals surface area (Å²) in [7, 11) is 3.69. The van der Waals surface area contributed by atoms with E-state index in [4.69, 9.17) is 4.74 Å². The van der Waals surface area contributed by atoms with Crippen LogP contribution >= 0.6 is 0 Å². The zero-order valence-corrected chi connectivity index (χ0v) is 10.6. The topological polar surface area (TPSA) is 82.1 Å². The van der Waals surface area contributed by atoms with Gasteiger partial charge in [0.2, 0.25) is 0 Å². The Bertz CT molecular complexity index is 492. The molecule has 6 nitrogen and oxygen atoms in total. The van der Waals surface area contributed by atoms with Gasteiger partial charge in [0, 0.05) is 5.56 Å². The quantitative estimate of drug-likeness (QED) is 0.818. The molecule has 0 spiro atoms. The third-order valence-corrected chi connectivity index (χ3v) is 2.50. The lowest BCUT2D eigenvalue weighted by atomic mass is 10.0. The van der Waals surface area contributed by atoms with Gasteiger partial charge in [-0.1, -0.05) is 0 Å². The third-order valence-electron chi connectivity index (χ3n) is 2.50. The maximum absolute atomic E-state index is 11.7. The molecule has 0 amide bonds. The second-order valence-corrected chi connectivity index (χ2v) is 3.46. The smallest absolute Gasteiger partial charge is 0.342 e. The van der Waals surface area contributed by atoms with E-state index in [1.54, 1.807) is 6.92 Å². The molecule has 0 radical (unpaired) electrons. The summed E-state index contributed by atoms with van der Waals surface area (Å²) in [4.78, 5) is 23.3. The molecule has 0 aliphatic rings. The lowest BCUT2D eigenvalue weighted by Crippen LogP contribution is -2.14. The molecule has 0 saturated carbocycles. The van der Waals surface area contributed by atoms with Crippen LogP contribution in [0.1, 0.15) is 26.3 Å². The van der Waals surface area contributed by atoms with Gasteiger partial charge in [0.1, 0.15) is 17.1 Å². The maximum Gasteiger partial charge on any atom is 0.342 e. The van der Waals surface area contributed by atoms with Crippen molar-refractivity contribution in [1.29, 1.82) is 0 Å². The van der Waals surface area contributed by atoms with E-state index in [-0.39, 0.29) is 22.6 Å². The Labute approximate surface area is 104 Å². The highest BCUT2D eigenvalue weighted by Gasteiger charge is 2.26. The number of carbonyl (C=O) groups excluding carboxylic acids is 2. The van der Waals surface area contributed by atoms with Crippen molar-refractivity contribution in [3.05, 3.63) is 22.8 Å². The fraction of sp³-hybridized carbons (Fsp3) is 0.333. The molecule has 1 rings (SSSR count). The van der Waals surface area contributed by atoms with Crippen LogP contribution in [-0.2, 0) is 9.47 Å². The average molecular weight is 254 g/mol. The predicted octanol–water partition coefficient (Wildman–Crippen LogP) is 1.28. The highest BCUT2D eigenvalue weighted by atomic mass is 16.5. The molecule has 0 heterocycles. The zero-order chi connectivity index (χ0) is 13.9. The Morgan fingerprint density at radius 3 is 2.11 bits per heavy atom. The molecule has 0 aliphatic heterocycles. The fourth-order valence-corrected chi connectivity index (χ4v) is 1.57. The van der Waals surface area contributed by atoms with Crippen molar-refractivity contribution >= 4 is 11.9 Å². The Morgan fingerprint density at radius 1 is 1.11 bits per heavy atom. The van der Waals surface area contributed by atoms with Crippen LogP contribution in [-0.4, -0.2) is 38.4 Å². The lowest BCUT2D eigenvalue weighted by Gasteiger charge is -2.14. The van der Waals surface area contributed by atoms with Gasteiger partial charge in [-0.25, -0.2) is 9.59 Å². The van der Waals surface area contributed by atoms with Gasteiger partial charge in [0.15, 0.2) is 0 Å². The van der Waals surface area contributed by atoms with E-state index in [1.807, 2.05) is 0 Å². The van der Waals surface area contributed by atoms with E-state index in [9.17, 15) is 14.7 Å². The molecule has 0 aromatic heterocycles. The van der Waals surface area contributed by atoms with Gasteiger partial charge >= 0.3 is 11.9 Å². The summed E-state index contributed by atoms with van der Waals surface area (Å²) in [5.41, 5.74) is 0.164. The van der Waals surface area contributed by atoms with Crippen molar-refractivity contribution in [2.75, 3.05) is 21.3 Å². The molecule has 6 heteroatoms. The second-order valence-electron chi connectivity index (χ2n) is 3.46. The van der Waals surface area contributed by atoms with Gasteiger partial charge in [0.25, 0.3) is 0 Å². The van der Waals surface area contributed by atoms with Crippen LogP contribution in [0.15, 0.2) is 6.07 Å². The molecule has 0 fully saturated rings. The van der Waals surface area contributed by atoms with Crippen LogP contribution in [0.3, 0.4) is 0 Å². The number of carbonyl (C=O) groups is 2. The SMILES string of the molecule is COC(=O)c1cc(O)c(C)c(OC)c1C(=O)OC. The van der Waals surface area contributed by atoms with Crippen LogP contribution in [0.2, 0.25) is 0 Å². The van der Waals surface area contributed by atoms with Gasteiger partial charge in [0.05, 0.1) is 26.9 Å². The highest BCUT2D eigenvalue weighted by molar-refractivity contribution is 6.06. The summed E-state index contributed by atoms with van der Waals surface area (Å²) in [5, 5.41) is 9.70. The number of aromatic hydroxyl groups is 1. The van der Waals surface area contributed by atoms with E-state index >= 15 is 0 Å². The monoisotopic (exact) mass is 254 g/mol. The summed E-state index contributed by atoms with van der Waals surface area (Å²) in [6, 6.07) is 1.15. The summed E-state index contributed by atoms with van der Waals surface area (Å²) < 4.78 is 14.2. The molecule has 0 unspecified atom stereocenters. The Morgan fingerprint density at radius 2 is 1.67 bits per heavy atom. The molecule has 0 saturated heterocycles. The molecular formula is C12H14O6. The predicted molar refractivity (Wildman–Crippen MR) is 62.1 cm³/mol. The van der Waals surface area contributed by atoms with Gasteiger partial charge in [-0.15, -0.1) is 0 Å². The second kappa shape index (κ2) is 5.39. The summed E-state index contributed by atoms with van der Waals surface area (Å²) >= 11 is 0. The number of benzene rings is 1. The largest absolute Gasteiger partial charge is 0.508 e. The molecular weight excluding hydrogens is 240 g/mol. The van der Waals surface area contributed by atoms with E-state index in [1.165, 1.54) is 21.3 Å². The van der Waals surface area contributed by atoms with E-state index in [0.717, 1.165) is 6.07 Å². The minimum Gasteiger partial charge on any atom is -0.508 e. The number of methoxy groups -OCH3 is 3. The molecule has 0 bridgehead atoms. The molecule has 1 N–H and O–H groups in total. The third kappa shape index (κ3) is 2.22. The molecule has 1 aromatic carbocycles. The lowest BCUT2D eigenvalue weighted by molar-refractivity contribution is 0.0551. The number of esters is 2. The first-order chi connectivity index (χ1) is 8.47. The first-order valence-corrected chi connectivity index (χ1v) is 5.05. The summed E-state index contributed by atoms with van der Waals surface area (Å²) in [6.45, 7) is 1.56. The number of rotatable bonds is 3. The van der Waals surface area contributed by atoms with Crippen LogP contribution in [0, 0.1) is 6.92 Å². The number of phenolic OH excluding ortho intramolecular Hbond substituents is 1. The molecule has 1 aromatic rings. The number of hydrogen-bond acceptors (Lipinski definition) is 6. The summed E-state index contributed by atoms with van der Waals surface area (Å²) in [6.07, 6.45) is 0. The van der Waals surface area contributed by atoms with Crippen molar-refractivity contribution in [3.8, 4) is 11.5 Å². The van der Waals surface area contributed by atoms with E-state index < -0.39 is 11.9 Å². The molecule has 0 aliphatic carbocycles. The van der Waals surface area contributed by atoms with Gasteiger partial charge < -0.3 is 19.3 Å². The van der Waals surface area contributed by atoms with Crippen molar-refractivity contribution in [2.45, 2.75) is 6.92 Å². The minimum atomic E-state index is -0.760. The number of hydrogen-bond donors (Lipinski definition) is 1. The van der Waals surface area contributed by atoms with Gasteiger partial charge in [-0.05, 0) is 13.0 Å².